The lowest BCUT2D eigenvalue weighted by molar-refractivity contribution is -0.137. The maximum atomic E-state index is 12.6. The van der Waals surface area contributed by atoms with Crippen LogP contribution < -0.4 is 5.73 Å². The smallest absolute Gasteiger partial charge is 0.398 e. The Morgan fingerprint density at radius 2 is 2.05 bits per heavy atom. The van der Waals surface area contributed by atoms with Crippen molar-refractivity contribution < 1.29 is 23.1 Å². The summed E-state index contributed by atoms with van der Waals surface area (Å²) in [6, 6.07) is 2.08. The van der Waals surface area contributed by atoms with Crippen LogP contribution in [0.5, 0.6) is 0 Å². The van der Waals surface area contributed by atoms with Gasteiger partial charge in [-0.3, -0.25) is 4.79 Å². The predicted molar refractivity (Wildman–Crippen MR) is 64.5 cm³/mol. The molecule has 0 aliphatic rings. The van der Waals surface area contributed by atoms with Crippen molar-refractivity contribution in [2.75, 3.05) is 19.4 Å². The minimum absolute atomic E-state index is 0.0324. The molecule has 0 radical (unpaired) electrons. The van der Waals surface area contributed by atoms with Crippen LogP contribution in [0.4, 0.5) is 18.9 Å². The first-order valence-corrected chi connectivity index (χ1v) is 5.53. The van der Waals surface area contributed by atoms with E-state index in [0.29, 0.717) is 0 Å². The van der Waals surface area contributed by atoms with Crippen LogP contribution in [-0.2, 0) is 6.18 Å². The van der Waals surface area contributed by atoms with Crippen molar-refractivity contribution in [2.24, 2.45) is 0 Å². The minimum Gasteiger partial charge on any atom is -0.398 e. The van der Waals surface area contributed by atoms with Crippen molar-refractivity contribution in [3.05, 3.63) is 29.3 Å². The van der Waals surface area contributed by atoms with Gasteiger partial charge in [0.1, 0.15) is 0 Å². The zero-order chi connectivity index (χ0) is 14.8. The topological polar surface area (TPSA) is 66.6 Å². The summed E-state index contributed by atoms with van der Waals surface area (Å²) in [5, 5.41) is 8.95. The molecular formula is C12H15F3N2O2. The van der Waals surface area contributed by atoms with Crippen molar-refractivity contribution in [1.82, 2.24) is 4.90 Å². The largest absolute Gasteiger partial charge is 0.416 e. The van der Waals surface area contributed by atoms with Gasteiger partial charge in [-0.1, -0.05) is 0 Å². The Balaban J connectivity index is 3.16. The zero-order valence-corrected chi connectivity index (χ0v) is 10.5. The Morgan fingerprint density at radius 3 is 2.53 bits per heavy atom. The molecule has 0 aromatic heterocycles. The monoisotopic (exact) mass is 276 g/mol. The van der Waals surface area contributed by atoms with E-state index in [1.54, 1.807) is 6.92 Å². The number of alkyl halides is 3. The Kier molecular flexibility index (Phi) is 4.41. The highest BCUT2D eigenvalue weighted by atomic mass is 19.4. The maximum Gasteiger partial charge on any atom is 0.416 e. The fourth-order valence-corrected chi connectivity index (χ4v) is 1.43. The van der Waals surface area contributed by atoms with E-state index in [4.69, 9.17) is 10.8 Å². The van der Waals surface area contributed by atoms with E-state index >= 15 is 0 Å². The molecule has 0 spiro atoms. The second kappa shape index (κ2) is 5.48. The van der Waals surface area contributed by atoms with Crippen molar-refractivity contribution in [1.29, 1.82) is 0 Å². The molecule has 0 bridgehead atoms. The molecule has 106 valence electrons. The van der Waals surface area contributed by atoms with Crippen molar-refractivity contribution in [3.8, 4) is 0 Å². The second-order valence-corrected chi connectivity index (χ2v) is 4.25. The van der Waals surface area contributed by atoms with Crippen LogP contribution in [-0.4, -0.2) is 35.6 Å². The number of aliphatic hydroxyl groups excluding tert-OH is 1. The average Bonchev–Trinajstić information content (AvgIpc) is 2.35. The Labute approximate surface area is 108 Å². The van der Waals surface area contributed by atoms with Crippen LogP contribution in [0.1, 0.15) is 22.8 Å². The summed E-state index contributed by atoms with van der Waals surface area (Å²) >= 11 is 0. The highest BCUT2D eigenvalue weighted by molar-refractivity contribution is 5.99. The lowest BCUT2D eigenvalue weighted by atomic mass is 10.1. The maximum absolute atomic E-state index is 12.6. The number of nitrogen functional groups attached to an aromatic ring is 1. The van der Waals surface area contributed by atoms with Crippen LogP contribution >= 0.6 is 0 Å². The molecule has 3 N–H and O–H groups in total. The van der Waals surface area contributed by atoms with Crippen LogP contribution in [0.2, 0.25) is 0 Å². The van der Waals surface area contributed by atoms with Gasteiger partial charge in [0.2, 0.25) is 0 Å². The summed E-state index contributed by atoms with van der Waals surface area (Å²) < 4.78 is 37.7. The minimum atomic E-state index is -4.54. The summed E-state index contributed by atoms with van der Waals surface area (Å²) in [5.41, 5.74) is 4.34. The Hall–Kier alpha value is -1.76. The standard InChI is InChI=1S/C12H15F3N2O2/c1-7(6-18)17(2)11(19)9-5-8(12(13,14)15)3-4-10(9)16/h3-5,7,18H,6,16H2,1-2H3. The van der Waals surface area contributed by atoms with Gasteiger partial charge >= 0.3 is 6.18 Å². The number of nitrogens with zero attached hydrogens (tertiary/aromatic N) is 1. The normalized spacial score (nSPS) is 13.2. The van der Waals surface area contributed by atoms with Gasteiger partial charge in [0.25, 0.3) is 5.91 Å². The van der Waals surface area contributed by atoms with Crippen molar-refractivity contribution in [2.45, 2.75) is 19.1 Å². The van der Waals surface area contributed by atoms with Gasteiger partial charge < -0.3 is 15.7 Å². The third-order valence-electron chi connectivity index (χ3n) is 2.86. The molecule has 0 heterocycles. The van der Waals surface area contributed by atoms with Crippen LogP contribution in [0.25, 0.3) is 0 Å². The third-order valence-corrected chi connectivity index (χ3v) is 2.86. The number of carbonyl (C=O) groups excluding carboxylic acids is 1. The number of rotatable bonds is 3. The molecule has 1 atom stereocenters. The fraction of sp³-hybridized carbons (Fsp3) is 0.417. The quantitative estimate of drug-likeness (QED) is 0.826. The van der Waals surface area contributed by atoms with Crippen molar-refractivity contribution in [3.63, 3.8) is 0 Å². The van der Waals surface area contributed by atoms with E-state index in [-0.39, 0.29) is 17.9 Å². The van der Waals surface area contributed by atoms with E-state index in [9.17, 15) is 18.0 Å². The molecule has 4 nitrogen and oxygen atoms in total. The molecular weight excluding hydrogens is 261 g/mol. The lowest BCUT2D eigenvalue weighted by Crippen LogP contribution is -2.37. The molecule has 0 aliphatic heterocycles. The van der Waals surface area contributed by atoms with E-state index in [1.165, 1.54) is 7.05 Å². The van der Waals surface area contributed by atoms with Crippen LogP contribution in [0.3, 0.4) is 0 Å². The van der Waals surface area contributed by atoms with E-state index < -0.39 is 23.7 Å². The highest BCUT2D eigenvalue weighted by Crippen LogP contribution is 2.31. The molecule has 1 rings (SSSR count). The molecule has 1 aromatic carbocycles. The summed E-state index contributed by atoms with van der Waals surface area (Å²) in [5.74, 6) is -0.662. The number of hydrogen-bond acceptors (Lipinski definition) is 3. The number of aliphatic hydroxyl groups is 1. The fourth-order valence-electron chi connectivity index (χ4n) is 1.43. The van der Waals surface area contributed by atoms with E-state index in [1.807, 2.05) is 0 Å². The van der Waals surface area contributed by atoms with E-state index in [2.05, 4.69) is 0 Å². The number of nitrogens with two attached hydrogens (primary N) is 1. The van der Waals surface area contributed by atoms with Crippen LogP contribution in [0, 0.1) is 0 Å². The molecule has 0 saturated heterocycles. The SMILES string of the molecule is CC(CO)N(C)C(=O)c1cc(C(F)(F)F)ccc1N. The molecule has 0 saturated carbocycles. The zero-order valence-electron chi connectivity index (χ0n) is 10.5. The number of anilines is 1. The number of benzene rings is 1. The highest BCUT2D eigenvalue weighted by Gasteiger charge is 2.32. The Bertz CT molecular complexity index is 475. The van der Waals surface area contributed by atoms with Gasteiger partial charge in [-0.15, -0.1) is 0 Å². The second-order valence-electron chi connectivity index (χ2n) is 4.25. The molecule has 7 heteroatoms. The summed E-state index contributed by atoms with van der Waals surface area (Å²) in [6.45, 7) is 1.28. The molecule has 19 heavy (non-hydrogen) atoms. The van der Waals surface area contributed by atoms with Gasteiger partial charge in [0, 0.05) is 12.7 Å². The first kappa shape index (κ1) is 15.3. The van der Waals surface area contributed by atoms with Gasteiger partial charge in [-0.05, 0) is 25.1 Å². The molecule has 1 aromatic rings. The lowest BCUT2D eigenvalue weighted by Gasteiger charge is -2.24. The molecule has 0 aliphatic carbocycles. The molecule has 1 amide bonds. The Morgan fingerprint density at radius 1 is 1.47 bits per heavy atom. The van der Waals surface area contributed by atoms with Gasteiger partial charge in [0.05, 0.1) is 23.8 Å². The summed E-state index contributed by atoms with van der Waals surface area (Å²) in [7, 11) is 1.39. The summed E-state index contributed by atoms with van der Waals surface area (Å²) in [4.78, 5) is 13.2. The number of likely N-dealkylation sites (N-methyl/N-ethyl adjacent to an activating group) is 1. The number of carbonyl (C=O) groups is 1. The van der Waals surface area contributed by atoms with Gasteiger partial charge in [-0.2, -0.15) is 13.2 Å². The average molecular weight is 276 g/mol. The third kappa shape index (κ3) is 3.37. The number of halogens is 3. The molecule has 0 fully saturated rings. The number of hydrogen-bond donors (Lipinski definition) is 2. The number of amides is 1. The predicted octanol–water partition coefficient (Wildman–Crippen LogP) is 1.74. The first-order chi connectivity index (χ1) is 8.68. The van der Waals surface area contributed by atoms with Crippen molar-refractivity contribution >= 4 is 11.6 Å². The van der Waals surface area contributed by atoms with Gasteiger partial charge in [-0.25, -0.2) is 0 Å². The first-order valence-electron chi connectivity index (χ1n) is 5.53. The molecule has 1 unspecified atom stereocenters. The van der Waals surface area contributed by atoms with E-state index in [0.717, 1.165) is 23.1 Å². The summed E-state index contributed by atoms with van der Waals surface area (Å²) in [6.07, 6.45) is -4.54. The van der Waals surface area contributed by atoms with Gasteiger partial charge in [0.15, 0.2) is 0 Å². The van der Waals surface area contributed by atoms with Crippen LogP contribution in [0.15, 0.2) is 18.2 Å².